The van der Waals surface area contributed by atoms with Crippen LogP contribution in [0.3, 0.4) is 0 Å². The SMILES string of the molecule is NC(=O)C(c1cccc(C(F)(F)F)c1)[C@H]1CCO[C@]12O[C@H](CO)[C@H](O)[C@H](n1cc(-c3cc(F)c(F)c(F)c3)nn1)[C@H]2O. The van der Waals surface area contributed by atoms with Crippen molar-refractivity contribution >= 4 is 5.91 Å². The molecule has 1 spiro atoms. The summed E-state index contributed by atoms with van der Waals surface area (Å²) in [7, 11) is 0. The van der Waals surface area contributed by atoms with Gasteiger partial charge in [-0.1, -0.05) is 23.4 Å². The summed E-state index contributed by atoms with van der Waals surface area (Å²) in [4.78, 5) is 12.7. The summed E-state index contributed by atoms with van der Waals surface area (Å²) in [6, 6.07) is 3.69. The molecule has 5 rings (SSSR count). The monoisotopic (exact) mass is 602 g/mol. The Labute approximate surface area is 233 Å². The summed E-state index contributed by atoms with van der Waals surface area (Å²) in [5.41, 5.74) is 4.07. The summed E-state index contributed by atoms with van der Waals surface area (Å²) >= 11 is 0. The lowest BCUT2D eigenvalue weighted by Gasteiger charge is -2.50. The van der Waals surface area contributed by atoms with E-state index in [1.165, 1.54) is 6.07 Å². The molecule has 2 aliphatic heterocycles. The van der Waals surface area contributed by atoms with Gasteiger partial charge in [-0.25, -0.2) is 17.9 Å². The van der Waals surface area contributed by atoms with E-state index in [1.54, 1.807) is 0 Å². The van der Waals surface area contributed by atoms with Crippen molar-refractivity contribution in [3.8, 4) is 11.3 Å². The zero-order valence-corrected chi connectivity index (χ0v) is 21.4. The van der Waals surface area contributed by atoms with E-state index in [0.29, 0.717) is 12.1 Å². The van der Waals surface area contributed by atoms with Gasteiger partial charge in [0, 0.05) is 11.5 Å². The second kappa shape index (κ2) is 10.9. The normalized spacial score (nSPS) is 28.7. The first-order chi connectivity index (χ1) is 19.8. The van der Waals surface area contributed by atoms with Crippen molar-refractivity contribution < 1.29 is 55.9 Å². The molecule has 3 aromatic rings. The molecule has 0 bridgehead atoms. The summed E-state index contributed by atoms with van der Waals surface area (Å²) in [5.74, 6) is -10.6. The Bertz CT molecular complexity index is 1460. The molecule has 0 aliphatic carbocycles. The van der Waals surface area contributed by atoms with Gasteiger partial charge in [0.05, 0.1) is 30.9 Å². The van der Waals surface area contributed by atoms with Gasteiger partial charge in [0.1, 0.15) is 30.0 Å². The zero-order valence-electron chi connectivity index (χ0n) is 21.4. The molecule has 0 radical (unpaired) electrons. The highest BCUT2D eigenvalue weighted by molar-refractivity contribution is 5.82. The maximum absolute atomic E-state index is 13.8. The van der Waals surface area contributed by atoms with E-state index >= 15 is 0 Å². The molecule has 2 aliphatic rings. The highest BCUT2D eigenvalue weighted by atomic mass is 19.4. The third kappa shape index (κ3) is 5.02. The summed E-state index contributed by atoms with van der Waals surface area (Å²) < 4.78 is 94.0. The van der Waals surface area contributed by atoms with Gasteiger partial charge in [-0.2, -0.15) is 13.2 Å². The highest BCUT2D eigenvalue weighted by Crippen LogP contribution is 2.51. The van der Waals surface area contributed by atoms with Gasteiger partial charge in [0.15, 0.2) is 17.5 Å². The minimum absolute atomic E-state index is 0.0292. The quantitative estimate of drug-likeness (QED) is 0.247. The Morgan fingerprint density at radius 3 is 2.48 bits per heavy atom. The molecule has 2 aromatic carbocycles. The molecule has 1 aromatic heterocycles. The Hall–Kier alpha value is -3.57. The number of carbonyl (C=O) groups is 1. The van der Waals surface area contributed by atoms with E-state index in [-0.39, 0.29) is 29.8 Å². The molecule has 0 saturated carbocycles. The van der Waals surface area contributed by atoms with Crippen molar-refractivity contribution in [3.63, 3.8) is 0 Å². The van der Waals surface area contributed by atoms with Gasteiger partial charge in [-0.15, -0.1) is 5.10 Å². The maximum Gasteiger partial charge on any atom is 0.416 e. The molecule has 10 nitrogen and oxygen atoms in total. The fourth-order valence-corrected chi connectivity index (χ4v) is 5.71. The van der Waals surface area contributed by atoms with Crippen molar-refractivity contribution in [2.45, 2.75) is 48.7 Å². The van der Waals surface area contributed by atoms with Crippen LogP contribution >= 0.6 is 0 Å². The molecular formula is C26H24F6N4O6. The number of amides is 1. The zero-order chi connectivity index (χ0) is 30.6. The molecule has 1 unspecified atom stereocenters. The Morgan fingerprint density at radius 1 is 1.17 bits per heavy atom. The Balaban J connectivity index is 1.56. The molecular weight excluding hydrogens is 578 g/mol. The van der Waals surface area contributed by atoms with Crippen LogP contribution in [0.5, 0.6) is 0 Å². The number of alkyl halides is 3. The topological polar surface area (TPSA) is 153 Å². The average Bonchev–Trinajstić information content (AvgIpc) is 3.57. The van der Waals surface area contributed by atoms with Gasteiger partial charge >= 0.3 is 6.18 Å². The molecule has 2 saturated heterocycles. The molecule has 1 amide bonds. The number of ether oxygens (including phenoxy) is 2. The van der Waals surface area contributed by atoms with Gasteiger partial charge < -0.3 is 30.5 Å². The first kappa shape index (κ1) is 29.9. The van der Waals surface area contributed by atoms with E-state index < -0.39 is 83.7 Å². The standard InChI is InChI=1S/C26H24F6N4O6/c27-15-7-12(8-16(28)20(15)29)17-9-36(35-34-17)21-22(38)18(10-37)42-25(23(21)39)14(4-5-41-25)19(24(33)40)11-2-1-3-13(6-11)26(30,31)32/h1-3,6-9,14,18-19,21-23,37-39H,4-5,10H2,(H2,33,40)/t14-,18-,19?,21+,22+,23-,25+/m1/s1. The van der Waals surface area contributed by atoms with Crippen LogP contribution in [0.15, 0.2) is 42.6 Å². The first-order valence-electron chi connectivity index (χ1n) is 12.6. The Morgan fingerprint density at radius 2 is 1.86 bits per heavy atom. The van der Waals surface area contributed by atoms with E-state index in [9.17, 15) is 46.5 Å². The molecule has 7 atom stereocenters. The number of primary amides is 1. The van der Waals surface area contributed by atoms with Crippen LogP contribution in [0.4, 0.5) is 26.3 Å². The number of aliphatic hydroxyl groups excluding tert-OH is 3. The van der Waals surface area contributed by atoms with E-state index in [1.807, 2.05) is 0 Å². The lowest BCUT2D eigenvalue weighted by atomic mass is 9.74. The van der Waals surface area contributed by atoms with Crippen LogP contribution in [0.2, 0.25) is 0 Å². The van der Waals surface area contributed by atoms with E-state index in [4.69, 9.17) is 15.2 Å². The number of hydrogen-bond donors (Lipinski definition) is 4. The average molecular weight is 602 g/mol. The molecule has 2 fully saturated rings. The fraction of sp³-hybridized carbons (Fsp3) is 0.423. The lowest BCUT2D eigenvalue weighted by molar-refractivity contribution is -0.354. The van der Waals surface area contributed by atoms with Crippen LogP contribution < -0.4 is 5.73 Å². The minimum atomic E-state index is -4.73. The largest absolute Gasteiger partial charge is 0.416 e. The number of benzene rings is 2. The van der Waals surface area contributed by atoms with Gasteiger partial charge in [-0.3, -0.25) is 4.79 Å². The number of carbonyl (C=O) groups excluding carboxylic acids is 1. The number of aliphatic hydroxyl groups is 3. The van der Waals surface area contributed by atoms with Crippen LogP contribution in [0.1, 0.15) is 29.5 Å². The van der Waals surface area contributed by atoms with Crippen molar-refractivity contribution in [3.05, 3.63) is 71.2 Å². The van der Waals surface area contributed by atoms with Crippen molar-refractivity contribution in [1.29, 1.82) is 0 Å². The van der Waals surface area contributed by atoms with Gasteiger partial charge in [-0.05, 0) is 30.2 Å². The van der Waals surface area contributed by atoms with E-state index in [2.05, 4.69) is 10.3 Å². The van der Waals surface area contributed by atoms with Crippen molar-refractivity contribution in [1.82, 2.24) is 15.0 Å². The minimum Gasteiger partial charge on any atom is -0.394 e. The number of halogens is 6. The summed E-state index contributed by atoms with van der Waals surface area (Å²) in [6.07, 6.45) is -8.75. The molecule has 16 heteroatoms. The lowest BCUT2D eigenvalue weighted by Crippen LogP contribution is -2.66. The molecule has 3 heterocycles. The predicted molar refractivity (Wildman–Crippen MR) is 129 cm³/mol. The van der Waals surface area contributed by atoms with Crippen LogP contribution in [-0.4, -0.2) is 73.5 Å². The first-order valence-corrected chi connectivity index (χ1v) is 12.6. The highest BCUT2D eigenvalue weighted by Gasteiger charge is 2.63. The second-order valence-electron chi connectivity index (χ2n) is 10.1. The molecule has 5 N–H and O–H groups in total. The van der Waals surface area contributed by atoms with Gasteiger partial charge in [0.2, 0.25) is 11.7 Å². The number of hydrogen-bond acceptors (Lipinski definition) is 8. The third-order valence-corrected chi connectivity index (χ3v) is 7.63. The van der Waals surface area contributed by atoms with Crippen LogP contribution in [0.25, 0.3) is 11.3 Å². The second-order valence-corrected chi connectivity index (χ2v) is 10.1. The van der Waals surface area contributed by atoms with Crippen LogP contribution in [0, 0.1) is 23.4 Å². The van der Waals surface area contributed by atoms with Crippen molar-refractivity contribution in [2.24, 2.45) is 11.7 Å². The Kier molecular flexibility index (Phi) is 7.78. The van der Waals surface area contributed by atoms with Gasteiger partial charge in [0.25, 0.3) is 0 Å². The summed E-state index contributed by atoms with van der Waals surface area (Å²) in [6.45, 7) is -0.981. The molecule has 226 valence electrons. The smallest absolute Gasteiger partial charge is 0.394 e. The number of aromatic nitrogens is 3. The number of nitrogens with two attached hydrogens (primary N) is 1. The number of rotatable bonds is 6. The maximum atomic E-state index is 13.8. The predicted octanol–water partition coefficient (Wildman–Crippen LogP) is 2.04. The third-order valence-electron chi connectivity index (χ3n) is 7.63. The van der Waals surface area contributed by atoms with E-state index in [0.717, 1.165) is 29.1 Å². The number of nitrogens with zero attached hydrogens (tertiary/aromatic N) is 3. The summed E-state index contributed by atoms with van der Waals surface area (Å²) in [5, 5.41) is 40.2. The molecule has 42 heavy (non-hydrogen) atoms. The fourth-order valence-electron chi connectivity index (χ4n) is 5.71. The van der Waals surface area contributed by atoms with Crippen molar-refractivity contribution in [2.75, 3.05) is 13.2 Å². The van der Waals surface area contributed by atoms with Crippen LogP contribution in [-0.2, 0) is 20.4 Å².